The van der Waals surface area contributed by atoms with Gasteiger partial charge in [0.1, 0.15) is 13.3 Å². The van der Waals surface area contributed by atoms with Crippen LogP contribution in [0, 0.1) is 62.6 Å². The number of hydrogen-bond donors (Lipinski definition) is 1. The van der Waals surface area contributed by atoms with Crippen LogP contribution in [0.25, 0.3) is 0 Å². The molecule has 4 heteroatoms. The zero-order valence-electron chi connectivity index (χ0n) is 35.0. The number of ether oxygens (including phenoxy) is 1. The highest BCUT2D eigenvalue weighted by Crippen LogP contribution is 2.76. The lowest BCUT2D eigenvalue weighted by Crippen LogP contribution is -2.68. The molecule has 1 N–H and O–H groups in total. The molecule has 4 unspecified atom stereocenters. The summed E-state index contributed by atoms with van der Waals surface area (Å²) in [6.45, 7) is 22.2. The number of carbonyl (C=O) groups is 1. The van der Waals surface area contributed by atoms with Gasteiger partial charge in [0.05, 0.1) is 5.41 Å². The van der Waals surface area contributed by atoms with Crippen molar-refractivity contribution >= 4 is 5.97 Å². The summed E-state index contributed by atoms with van der Waals surface area (Å²) in [5.41, 5.74) is 5.34. The summed E-state index contributed by atoms with van der Waals surface area (Å²) in [5, 5.41) is 4.41. The minimum atomic E-state index is -1.07. The first-order valence-corrected chi connectivity index (χ1v) is 22.2. The van der Waals surface area contributed by atoms with Gasteiger partial charge < -0.3 is 10.1 Å². The Balaban J connectivity index is 1.03. The fourth-order valence-corrected chi connectivity index (χ4v) is 15.3. The van der Waals surface area contributed by atoms with Gasteiger partial charge in [-0.25, -0.2) is 4.39 Å². The first-order valence-electron chi connectivity index (χ1n) is 22.2. The van der Waals surface area contributed by atoms with Gasteiger partial charge in [-0.3, -0.25) is 4.79 Å². The molecule has 54 heavy (non-hydrogen) atoms. The van der Waals surface area contributed by atoms with E-state index < -0.39 is 12.1 Å². The highest BCUT2D eigenvalue weighted by molar-refractivity contribution is 5.78. The largest absolute Gasteiger partial charge is 0.460 e. The van der Waals surface area contributed by atoms with Crippen LogP contribution in [0.2, 0.25) is 0 Å². The number of alkyl halides is 1. The monoisotopic (exact) mass is 738 g/mol. The fraction of sp³-hybridized carbons (Fsp3) is 0.740. The molecule has 5 saturated carbocycles. The molecular formula is C50H72FNO2. The number of hydrogen-bond acceptors (Lipinski definition) is 3. The Morgan fingerprint density at radius 3 is 2.31 bits per heavy atom. The minimum absolute atomic E-state index is 0.0291. The Kier molecular flexibility index (Phi) is 9.83. The number of benzene rings is 1. The van der Waals surface area contributed by atoms with Crippen molar-refractivity contribution in [1.29, 1.82) is 0 Å². The first kappa shape index (κ1) is 38.7. The summed E-state index contributed by atoms with van der Waals surface area (Å²) in [4.78, 5) is 13.4. The minimum Gasteiger partial charge on any atom is -0.460 e. The number of rotatable bonds is 10. The van der Waals surface area contributed by atoms with Crippen molar-refractivity contribution < 1.29 is 13.9 Å². The van der Waals surface area contributed by atoms with Crippen LogP contribution in [-0.4, -0.2) is 24.2 Å². The van der Waals surface area contributed by atoms with Crippen molar-refractivity contribution in [3.63, 3.8) is 0 Å². The fourth-order valence-electron chi connectivity index (χ4n) is 15.3. The van der Waals surface area contributed by atoms with E-state index in [0.717, 1.165) is 30.2 Å². The molecule has 11 atom stereocenters. The maximum Gasteiger partial charge on any atom is 0.315 e. The molecule has 296 valence electrons. The summed E-state index contributed by atoms with van der Waals surface area (Å²) < 4.78 is 20.5. The van der Waals surface area contributed by atoms with Gasteiger partial charge >= 0.3 is 5.97 Å². The first-order chi connectivity index (χ1) is 25.6. The zero-order chi connectivity index (χ0) is 38.3. The van der Waals surface area contributed by atoms with Crippen molar-refractivity contribution in [2.75, 3.05) is 6.67 Å². The normalized spacial score (nSPS) is 43.0. The molecule has 0 saturated heterocycles. The molecule has 8 rings (SSSR count). The van der Waals surface area contributed by atoms with E-state index in [9.17, 15) is 9.18 Å². The van der Waals surface area contributed by atoms with E-state index in [2.05, 4.69) is 72.5 Å². The third kappa shape index (κ3) is 5.98. The molecule has 0 amide bonds. The van der Waals surface area contributed by atoms with Crippen LogP contribution in [0.1, 0.15) is 150 Å². The zero-order valence-corrected chi connectivity index (χ0v) is 35.0. The average molecular weight is 738 g/mol. The van der Waals surface area contributed by atoms with Crippen molar-refractivity contribution in [3.05, 3.63) is 71.3 Å². The summed E-state index contributed by atoms with van der Waals surface area (Å²) in [6.07, 6.45) is 22.5. The lowest BCUT2D eigenvalue weighted by molar-refractivity contribution is -0.221. The van der Waals surface area contributed by atoms with E-state index in [1.807, 2.05) is 30.3 Å². The van der Waals surface area contributed by atoms with Gasteiger partial charge in [0.2, 0.25) is 0 Å². The molecule has 0 bridgehead atoms. The standard InChI is InChI=1S/C50H72FNO2/c1-33(2)38-20-27-50(52-34(3)30-35-14-15-35)29-28-47(7)40(43(38)50)16-17-42-46(6)23-21-39(45(4,5)41(46)22-24-48(42,47)8)37-18-25-49(32-51,26-19-37)44(53)54-31-36-12-10-9-11-13-36/h9-13,18,21,34-35,38,40-43,52H,1,14-17,19-20,22-32H2,2-8H3/t34?,38-,40+,41?,42?,43?,46-,47+,48+,49-,50-/m0/s1. The summed E-state index contributed by atoms with van der Waals surface area (Å²) in [5.74, 6) is 3.99. The van der Waals surface area contributed by atoms with E-state index >= 15 is 0 Å². The SMILES string of the molecule is C=C(C)[C@@H]1CC[C@]2(NC(C)CC3CC3)CC[C@]3(C)[C@H](CCC4[C@@]5(C)CC=C(C6=CC[C@](CF)(C(=O)OCc7ccccc7)CC6)C(C)(C)C5CC[C@]43C)C12. The second kappa shape index (κ2) is 13.7. The maximum atomic E-state index is 14.8. The molecule has 5 fully saturated rings. The van der Waals surface area contributed by atoms with E-state index in [4.69, 9.17) is 4.74 Å². The highest BCUT2D eigenvalue weighted by Gasteiger charge is 2.70. The summed E-state index contributed by atoms with van der Waals surface area (Å²) >= 11 is 0. The van der Waals surface area contributed by atoms with Crippen molar-refractivity contribution in [2.45, 2.75) is 163 Å². The van der Waals surface area contributed by atoms with Crippen LogP contribution < -0.4 is 5.32 Å². The quantitative estimate of drug-likeness (QED) is 0.192. The number of nitrogens with one attached hydrogen (secondary N) is 1. The van der Waals surface area contributed by atoms with Crippen molar-refractivity contribution in [3.8, 4) is 0 Å². The molecule has 0 spiro atoms. The molecule has 7 aliphatic rings. The van der Waals surface area contributed by atoms with Gasteiger partial charge in [0.15, 0.2) is 0 Å². The molecular weight excluding hydrogens is 666 g/mol. The number of fused-ring (bicyclic) bond motifs is 7. The molecule has 0 heterocycles. The van der Waals surface area contributed by atoms with Crippen molar-refractivity contribution in [2.24, 2.45) is 62.6 Å². The second-order valence-corrected chi connectivity index (χ2v) is 21.5. The summed E-state index contributed by atoms with van der Waals surface area (Å²) in [7, 11) is 0. The van der Waals surface area contributed by atoms with Gasteiger partial charge in [-0.15, -0.1) is 0 Å². The summed E-state index contributed by atoms with van der Waals surface area (Å²) in [6, 6.07) is 10.3. The number of allylic oxidation sites excluding steroid dienone is 5. The predicted octanol–water partition coefficient (Wildman–Crippen LogP) is 12.5. The molecule has 7 aliphatic carbocycles. The Hall–Kier alpha value is -2.20. The third-order valence-electron chi connectivity index (χ3n) is 18.4. The number of halogens is 1. The Morgan fingerprint density at radius 2 is 1.65 bits per heavy atom. The van der Waals surface area contributed by atoms with Gasteiger partial charge in [-0.2, -0.15) is 0 Å². The predicted molar refractivity (Wildman–Crippen MR) is 219 cm³/mol. The molecule has 0 radical (unpaired) electrons. The topological polar surface area (TPSA) is 38.3 Å². The molecule has 0 aromatic heterocycles. The second-order valence-electron chi connectivity index (χ2n) is 21.5. The average Bonchev–Trinajstić information content (AvgIpc) is 3.87. The van der Waals surface area contributed by atoms with Crippen LogP contribution in [0.5, 0.6) is 0 Å². The maximum absolute atomic E-state index is 14.8. The molecule has 1 aromatic rings. The van der Waals surface area contributed by atoms with Crippen LogP contribution >= 0.6 is 0 Å². The lowest BCUT2D eigenvalue weighted by Gasteiger charge is -2.72. The molecule has 1 aromatic carbocycles. The van der Waals surface area contributed by atoms with Gasteiger partial charge in [0, 0.05) is 11.6 Å². The van der Waals surface area contributed by atoms with Crippen LogP contribution in [0.4, 0.5) is 4.39 Å². The molecule has 0 aliphatic heterocycles. The van der Waals surface area contributed by atoms with Gasteiger partial charge in [-0.05, 0) is 171 Å². The Labute approximate surface area is 327 Å². The van der Waals surface area contributed by atoms with Gasteiger partial charge in [0.25, 0.3) is 0 Å². The van der Waals surface area contributed by atoms with Crippen LogP contribution in [0.15, 0.2) is 65.8 Å². The van der Waals surface area contributed by atoms with E-state index in [1.54, 1.807) is 0 Å². The van der Waals surface area contributed by atoms with Gasteiger partial charge in [-0.1, -0.05) is 102 Å². The smallest absolute Gasteiger partial charge is 0.315 e. The van der Waals surface area contributed by atoms with E-state index in [-0.39, 0.29) is 28.9 Å². The van der Waals surface area contributed by atoms with E-state index in [0.29, 0.717) is 53.4 Å². The Bertz CT molecular complexity index is 1670. The lowest BCUT2D eigenvalue weighted by atomic mass is 9.33. The number of esters is 1. The third-order valence-corrected chi connectivity index (χ3v) is 18.4. The Morgan fingerprint density at radius 1 is 0.889 bits per heavy atom. The number of carbonyl (C=O) groups excluding carboxylic acids is 1. The van der Waals surface area contributed by atoms with Crippen molar-refractivity contribution in [1.82, 2.24) is 5.32 Å². The molecule has 3 nitrogen and oxygen atoms in total. The van der Waals surface area contributed by atoms with E-state index in [1.165, 1.54) is 87.3 Å². The van der Waals surface area contributed by atoms with Crippen LogP contribution in [-0.2, 0) is 16.1 Å². The van der Waals surface area contributed by atoms with Crippen LogP contribution in [0.3, 0.4) is 0 Å². The highest BCUT2D eigenvalue weighted by atomic mass is 19.1.